The van der Waals surface area contributed by atoms with Crippen molar-refractivity contribution in [2.75, 3.05) is 18.6 Å². The quantitative estimate of drug-likeness (QED) is 0.817. The fourth-order valence-electron chi connectivity index (χ4n) is 1.75. The summed E-state index contributed by atoms with van der Waals surface area (Å²) in [6.45, 7) is -0.474. The maximum Gasteiger partial charge on any atom is 0.339 e. The van der Waals surface area contributed by atoms with Crippen LogP contribution in [0, 0.1) is 0 Å². The molecule has 1 aromatic carbocycles. The first-order valence-corrected chi connectivity index (χ1v) is 6.39. The summed E-state index contributed by atoms with van der Waals surface area (Å²) in [6.07, 6.45) is 0. The lowest BCUT2D eigenvalue weighted by Gasteiger charge is -2.17. The third kappa shape index (κ3) is 3.72. The van der Waals surface area contributed by atoms with Crippen molar-refractivity contribution in [3.8, 4) is 5.88 Å². The van der Waals surface area contributed by atoms with E-state index in [0.29, 0.717) is 5.69 Å². The van der Waals surface area contributed by atoms with Crippen LogP contribution in [0.4, 0.5) is 5.69 Å². The number of ether oxygens (including phenoxy) is 1. The monoisotopic (exact) mass is 302 g/mol. The molecule has 0 aliphatic rings. The van der Waals surface area contributed by atoms with Crippen LogP contribution in [0.5, 0.6) is 5.88 Å². The molecule has 0 fully saturated rings. The summed E-state index contributed by atoms with van der Waals surface area (Å²) >= 11 is 0. The van der Waals surface area contributed by atoms with E-state index < -0.39 is 29.9 Å². The normalized spacial score (nSPS) is 10.0. The molecule has 1 heterocycles. The molecule has 0 bridgehead atoms. The van der Waals surface area contributed by atoms with Gasteiger partial charge in [-0.1, -0.05) is 18.2 Å². The molecule has 1 aromatic heterocycles. The van der Waals surface area contributed by atoms with Gasteiger partial charge in [-0.15, -0.1) is 0 Å². The van der Waals surface area contributed by atoms with Crippen molar-refractivity contribution in [3.63, 3.8) is 0 Å². The first-order valence-electron chi connectivity index (χ1n) is 6.39. The molecule has 7 nitrogen and oxygen atoms in total. The van der Waals surface area contributed by atoms with Gasteiger partial charge < -0.3 is 14.7 Å². The Morgan fingerprint density at radius 3 is 2.55 bits per heavy atom. The van der Waals surface area contributed by atoms with Gasteiger partial charge in [0, 0.05) is 24.9 Å². The number of hydrogen-bond acceptors (Lipinski definition) is 5. The fraction of sp³-hybridized carbons (Fsp3) is 0.133. The number of likely N-dealkylation sites (N-methyl/N-ethyl adjacent to an activating group) is 1. The number of rotatable bonds is 4. The smallest absolute Gasteiger partial charge is 0.339 e. The zero-order valence-corrected chi connectivity index (χ0v) is 11.8. The van der Waals surface area contributed by atoms with Gasteiger partial charge in [-0.3, -0.25) is 14.6 Å². The largest absolute Gasteiger partial charge is 0.494 e. The lowest BCUT2D eigenvalue weighted by molar-refractivity contribution is -0.121. The van der Waals surface area contributed by atoms with Gasteiger partial charge in [0.2, 0.25) is 0 Å². The summed E-state index contributed by atoms with van der Waals surface area (Å²) in [5.41, 5.74) is -0.103. The number of aromatic amines is 1. The van der Waals surface area contributed by atoms with Crippen molar-refractivity contribution in [3.05, 3.63) is 58.4 Å². The van der Waals surface area contributed by atoms with Crippen LogP contribution in [0.15, 0.2) is 47.3 Å². The Kier molecular flexibility index (Phi) is 4.57. The van der Waals surface area contributed by atoms with Gasteiger partial charge in [-0.2, -0.15) is 0 Å². The third-order valence-corrected chi connectivity index (χ3v) is 2.91. The van der Waals surface area contributed by atoms with Gasteiger partial charge in [-0.25, -0.2) is 4.79 Å². The van der Waals surface area contributed by atoms with E-state index in [9.17, 15) is 19.5 Å². The number of nitrogens with one attached hydrogen (secondary N) is 1. The first-order chi connectivity index (χ1) is 10.5. The van der Waals surface area contributed by atoms with Crippen LogP contribution in [-0.4, -0.2) is 35.6 Å². The molecule has 0 aliphatic carbocycles. The number of carbonyl (C=O) groups excluding carboxylic acids is 2. The number of aromatic hydroxyl groups is 1. The fourth-order valence-corrected chi connectivity index (χ4v) is 1.75. The van der Waals surface area contributed by atoms with E-state index in [1.807, 2.05) is 6.07 Å². The summed E-state index contributed by atoms with van der Waals surface area (Å²) in [5, 5.41) is 9.22. The van der Waals surface area contributed by atoms with E-state index in [-0.39, 0.29) is 5.56 Å². The van der Waals surface area contributed by atoms with Gasteiger partial charge in [0.25, 0.3) is 11.5 Å². The molecule has 2 rings (SSSR count). The molecular formula is C15H14N2O5. The average molecular weight is 302 g/mol. The third-order valence-electron chi connectivity index (χ3n) is 2.91. The summed E-state index contributed by atoms with van der Waals surface area (Å²) in [4.78, 5) is 38.3. The number of benzene rings is 1. The predicted octanol–water partition coefficient (Wildman–Crippen LogP) is 0.900. The van der Waals surface area contributed by atoms with Crippen molar-refractivity contribution in [2.45, 2.75) is 0 Å². The summed E-state index contributed by atoms with van der Waals surface area (Å²) in [5.74, 6) is -1.74. The molecule has 0 aliphatic heterocycles. The summed E-state index contributed by atoms with van der Waals surface area (Å²) in [6, 6.07) is 10.9. The second-order valence-corrected chi connectivity index (χ2v) is 4.48. The molecule has 0 radical (unpaired) electrons. The van der Waals surface area contributed by atoms with Crippen LogP contribution in [0.2, 0.25) is 0 Å². The van der Waals surface area contributed by atoms with Gasteiger partial charge >= 0.3 is 5.97 Å². The van der Waals surface area contributed by atoms with E-state index in [4.69, 9.17) is 4.74 Å². The minimum Gasteiger partial charge on any atom is -0.494 e. The highest BCUT2D eigenvalue weighted by atomic mass is 16.5. The van der Waals surface area contributed by atoms with Crippen LogP contribution in [0.25, 0.3) is 0 Å². The van der Waals surface area contributed by atoms with Crippen LogP contribution < -0.4 is 10.5 Å². The molecule has 22 heavy (non-hydrogen) atoms. The van der Waals surface area contributed by atoms with Crippen molar-refractivity contribution < 1.29 is 19.4 Å². The van der Waals surface area contributed by atoms with Gasteiger partial charge in [0.05, 0.1) is 5.56 Å². The predicted molar refractivity (Wildman–Crippen MR) is 78.9 cm³/mol. The highest BCUT2D eigenvalue weighted by Gasteiger charge is 2.15. The SMILES string of the molecule is CN(C(=O)COC(=O)c1cc(O)[nH]c(=O)c1)c1ccccc1. The van der Waals surface area contributed by atoms with Crippen LogP contribution >= 0.6 is 0 Å². The number of nitrogens with zero attached hydrogens (tertiary/aromatic N) is 1. The van der Waals surface area contributed by atoms with Crippen molar-refractivity contribution in [1.29, 1.82) is 0 Å². The van der Waals surface area contributed by atoms with Crippen molar-refractivity contribution >= 4 is 17.6 Å². The van der Waals surface area contributed by atoms with Gasteiger partial charge in [-0.05, 0) is 12.1 Å². The van der Waals surface area contributed by atoms with E-state index in [0.717, 1.165) is 12.1 Å². The van der Waals surface area contributed by atoms with E-state index in [2.05, 4.69) is 4.98 Å². The number of para-hydroxylation sites is 1. The Labute approximate surface area is 125 Å². The molecule has 1 amide bonds. The molecule has 2 aromatic rings. The lowest BCUT2D eigenvalue weighted by atomic mass is 10.2. The number of hydrogen-bond donors (Lipinski definition) is 2. The Balaban J connectivity index is 1.99. The van der Waals surface area contributed by atoms with E-state index in [1.54, 1.807) is 31.3 Å². The van der Waals surface area contributed by atoms with Crippen molar-refractivity contribution in [2.24, 2.45) is 0 Å². The molecule has 114 valence electrons. The standard InChI is InChI=1S/C15H14N2O5/c1-17(11-5-3-2-4-6-11)14(20)9-22-15(21)10-7-12(18)16-13(19)8-10/h2-8H,9H2,1H3,(H2,16,18,19). The molecule has 7 heteroatoms. The van der Waals surface area contributed by atoms with Crippen molar-refractivity contribution in [1.82, 2.24) is 4.98 Å². The van der Waals surface area contributed by atoms with Gasteiger partial charge in [0.1, 0.15) is 0 Å². The maximum absolute atomic E-state index is 11.9. The Morgan fingerprint density at radius 1 is 1.23 bits per heavy atom. The second-order valence-electron chi connectivity index (χ2n) is 4.48. The summed E-state index contributed by atoms with van der Waals surface area (Å²) in [7, 11) is 1.56. The Bertz CT molecular complexity index is 739. The highest BCUT2D eigenvalue weighted by molar-refractivity contribution is 5.96. The maximum atomic E-state index is 11.9. The molecule has 0 saturated heterocycles. The Hall–Kier alpha value is -3.09. The lowest BCUT2D eigenvalue weighted by Crippen LogP contribution is -2.31. The van der Waals surface area contributed by atoms with Gasteiger partial charge in [0.15, 0.2) is 12.5 Å². The highest BCUT2D eigenvalue weighted by Crippen LogP contribution is 2.11. The van der Waals surface area contributed by atoms with Crippen LogP contribution in [0.3, 0.4) is 0 Å². The molecule has 0 spiro atoms. The summed E-state index contributed by atoms with van der Waals surface area (Å²) < 4.78 is 4.85. The molecule has 0 saturated carbocycles. The molecular weight excluding hydrogens is 288 g/mol. The van der Waals surface area contributed by atoms with Crippen LogP contribution in [-0.2, 0) is 9.53 Å². The van der Waals surface area contributed by atoms with E-state index >= 15 is 0 Å². The van der Waals surface area contributed by atoms with E-state index in [1.165, 1.54) is 4.90 Å². The number of anilines is 1. The number of pyridine rings is 1. The zero-order chi connectivity index (χ0) is 16.1. The topological polar surface area (TPSA) is 99.7 Å². The number of carbonyl (C=O) groups is 2. The Morgan fingerprint density at radius 2 is 1.91 bits per heavy atom. The molecule has 0 unspecified atom stereocenters. The number of esters is 1. The number of H-pyrrole nitrogens is 1. The number of aromatic nitrogens is 1. The number of amides is 1. The average Bonchev–Trinajstić information content (AvgIpc) is 2.51. The molecule has 2 N–H and O–H groups in total. The first kappa shape index (κ1) is 15.3. The minimum absolute atomic E-state index is 0.128. The molecule has 0 atom stereocenters. The minimum atomic E-state index is -0.865. The second kappa shape index (κ2) is 6.57. The zero-order valence-electron chi connectivity index (χ0n) is 11.8. The van der Waals surface area contributed by atoms with Crippen LogP contribution in [0.1, 0.15) is 10.4 Å².